The Morgan fingerprint density at radius 1 is 0.950 bits per heavy atom. The average molecular weight is 265 g/mol. The summed E-state index contributed by atoms with van der Waals surface area (Å²) in [7, 11) is 0. The third-order valence-electron chi connectivity index (χ3n) is 2.97. The van der Waals surface area contributed by atoms with Crippen molar-refractivity contribution < 1.29 is 4.42 Å². The van der Waals surface area contributed by atoms with E-state index in [-0.39, 0.29) is 0 Å². The summed E-state index contributed by atoms with van der Waals surface area (Å²) >= 11 is 0. The molecule has 1 heterocycles. The molecule has 0 aliphatic heterocycles. The largest absolute Gasteiger partial charge is 0.408 e. The van der Waals surface area contributed by atoms with Crippen LogP contribution in [0.3, 0.4) is 0 Å². The molecule has 20 heavy (non-hydrogen) atoms. The van der Waals surface area contributed by atoms with E-state index in [1.165, 1.54) is 5.56 Å². The van der Waals surface area contributed by atoms with E-state index in [4.69, 9.17) is 4.42 Å². The van der Waals surface area contributed by atoms with Crippen LogP contribution in [-0.2, 0) is 6.42 Å². The second-order valence-electron chi connectivity index (χ2n) is 4.65. The van der Waals surface area contributed by atoms with Gasteiger partial charge in [-0.25, -0.2) is 0 Å². The zero-order valence-corrected chi connectivity index (χ0v) is 11.2. The molecule has 0 saturated heterocycles. The highest BCUT2D eigenvalue weighted by atomic mass is 16.4. The molecule has 0 bridgehead atoms. The molecule has 1 N–H and O–H groups in total. The minimum absolute atomic E-state index is 0.416. The highest BCUT2D eigenvalue weighted by molar-refractivity contribution is 5.52. The molecule has 0 aliphatic carbocycles. The van der Waals surface area contributed by atoms with Gasteiger partial charge in [-0.15, -0.1) is 5.10 Å². The van der Waals surface area contributed by atoms with E-state index in [0.29, 0.717) is 18.3 Å². The zero-order valence-electron chi connectivity index (χ0n) is 11.2. The second kappa shape index (κ2) is 5.57. The first kappa shape index (κ1) is 12.4. The normalized spacial score (nSPS) is 10.4. The van der Waals surface area contributed by atoms with Crippen LogP contribution in [0.4, 0.5) is 11.7 Å². The SMILES string of the molecule is Cc1ccc(Nc2nnc(Cc3ccccc3)o2)cc1. The van der Waals surface area contributed by atoms with Crippen LogP contribution in [0.1, 0.15) is 17.0 Å². The second-order valence-corrected chi connectivity index (χ2v) is 4.65. The Balaban J connectivity index is 1.69. The van der Waals surface area contributed by atoms with Crippen molar-refractivity contribution in [1.82, 2.24) is 10.2 Å². The van der Waals surface area contributed by atoms with E-state index in [0.717, 1.165) is 11.3 Å². The monoisotopic (exact) mass is 265 g/mol. The van der Waals surface area contributed by atoms with Gasteiger partial charge < -0.3 is 9.73 Å². The molecule has 0 saturated carbocycles. The maximum absolute atomic E-state index is 5.59. The summed E-state index contributed by atoms with van der Waals surface area (Å²) in [5.74, 6) is 0.603. The van der Waals surface area contributed by atoms with Crippen LogP contribution in [0.15, 0.2) is 59.0 Å². The van der Waals surface area contributed by atoms with Crippen molar-refractivity contribution in [2.45, 2.75) is 13.3 Å². The van der Waals surface area contributed by atoms with Gasteiger partial charge in [-0.05, 0) is 24.6 Å². The van der Waals surface area contributed by atoms with Gasteiger partial charge in [0.25, 0.3) is 0 Å². The van der Waals surface area contributed by atoms with Crippen LogP contribution in [0.2, 0.25) is 0 Å². The minimum Gasteiger partial charge on any atom is -0.408 e. The molecular formula is C16H15N3O. The predicted octanol–water partition coefficient (Wildman–Crippen LogP) is 3.71. The van der Waals surface area contributed by atoms with Crippen LogP contribution in [-0.4, -0.2) is 10.2 Å². The molecule has 100 valence electrons. The quantitative estimate of drug-likeness (QED) is 0.781. The Bertz CT molecular complexity index is 674. The third-order valence-corrected chi connectivity index (χ3v) is 2.97. The number of rotatable bonds is 4. The molecule has 1 aromatic heterocycles. The highest BCUT2D eigenvalue weighted by Crippen LogP contribution is 2.17. The number of benzene rings is 2. The first-order valence-corrected chi connectivity index (χ1v) is 6.49. The zero-order chi connectivity index (χ0) is 13.8. The molecular weight excluding hydrogens is 250 g/mol. The standard InChI is InChI=1S/C16H15N3O/c1-12-7-9-14(10-8-12)17-16-19-18-15(20-16)11-13-5-3-2-4-6-13/h2-10H,11H2,1H3,(H,17,19). The summed E-state index contributed by atoms with van der Waals surface area (Å²) in [5, 5.41) is 11.1. The molecule has 3 rings (SSSR count). The van der Waals surface area contributed by atoms with E-state index in [9.17, 15) is 0 Å². The van der Waals surface area contributed by atoms with Crippen molar-refractivity contribution in [1.29, 1.82) is 0 Å². The summed E-state index contributed by atoms with van der Waals surface area (Å²) in [6.07, 6.45) is 0.642. The summed E-state index contributed by atoms with van der Waals surface area (Å²) < 4.78 is 5.59. The lowest BCUT2D eigenvalue weighted by atomic mass is 10.2. The van der Waals surface area contributed by atoms with E-state index < -0.39 is 0 Å². The van der Waals surface area contributed by atoms with Crippen molar-refractivity contribution in [3.8, 4) is 0 Å². The summed E-state index contributed by atoms with van der Waals surface area (Å²) in [6.45, 7) is 2.05. The summed E-state index contributed by atoms with van der Waals surface area (Å²) in [4.78, 5) is 0. The number of nitrogens with zero attached hydrogens (tertiary/aromatic N) is 2. The first-order valence-electron chi connectivity index (χ1n) is 6.49. The predicted molar refractivity (Wildman–Crippen MR) is 78.0 cm³/mol. The fourth-order valence-corrected chi connectivity index (χ4v) is 1.91. The average Bonchev–Trinajstić information content (AvgIpc) is 2.90. The topological polar surface area (TPSA) is 51.0 Å². The van der Waals surface area contributed by atoms with Gasteiger partial charge in [0.15, 0.2) is 0 Å². The molecule has 2 aromatic carbocycles. The number of hydrogen-bond donors (Lipinski definition) is 1. The van der Waals surface area contributed by atoms with Crippen LogP contribution in [0.25, 0.3) is 0 Å². The van der Waals surface area contributed by atoms with E-state index in [1.807, 2.05) is 54.6 Å². The molecule has 0 spiro atoms. The van der Waals surface area contributed by atoms with Crippen molar-refractivity contribution in [3.05, 3.63) is 71.6 Å². The lowest BCUT2D eigenvalue weighted by Gasteiger charge is -2.00. The lowest BCUT2D eigenvalue weighted by molar-refractivity contribution is 0.521. The number of nitrogens with one attached hydrogen (secondary N) is 1. The van der Waals surface area contributed by atoms with E-state index in [1.54, 1.807) is 0 Å². The van der Waals surface area contributed by atoms with Crippen LogP contribution >= 0.6 is 0 Å². The smallest absolute Gasteiger partial charge is 0.320 e. The minimum atomic E-state index is 0.416. The maximum atomic E-state index is 5.59. The fourth-order valence-electron chi connectivity index (χ4n) is 1.91. The van der Waals surface area contributed by atoms with Gasteiger partial charge in [0.1, 0.15) is 0 Å². The van der Waals surface area contributed by atoms with Gasteiger partial charge in [-0.1, -0.05) is 53.1 Å². The van der Waals surface area contributed by atoms with Crippen molar-refractivity contribution in [3.63, 3.8) is 0 Å². The van der Waals surface area contributed by atoms with Gasteiger partial charge in [0.05, 0.1) is 6.42 Å². The molecule has 0 aliphatic rings. The van der Waals surface area contributed by atoms with Gasteiger partial charge in [0, 0.05) is 5.69 Å². The maximum Gasteiger partial charge on any atom is 0.320 e. The van der Waals surface area contributed by atoms with Crippen molar-refractivity contribution in [2.75, 3.05) is 5.32 Å². The Hall–Kier alpha value is -2.62. The highest BCUT2D eigenvalue weighted by Gasteiger charge is 2.06. The summed E-state index contributed by atoms with van der Waals surface area (Å²) in [6, 6.07) is 18.5. The molecule has 4 nitrogen and oxygen atoms in total. The first-order chi connectivity index (χ1) is 9.79. The van der Waals surface area contributed by atoms with Crippen LogP contribution in [0.5, 0.6) is 0 Å². The van der Waals surface area contributed by atoms with Gasteiger partial charge in [-0.2, -0.15) is 0 Å². The number of anilines is 2. The van der Waals surface area contributed by atoms with Gasteiger partial charge in [-0.3, -0.25) is 0 Å². The van der Waals surface area contributed by atoms with Crippen molar-refractivity contribution >= 4 is 11.7 Å². The number of aromatic nitrogens is 2. The van der Waals surface area contributed by atoms with E-state index >= 15 is 0 Å². The molecule has 0 radical (unpaired) electrons. The third kappa shape index (κ3) is 3.03. The van der Waals surface area contributed by atoms with Crippen LogP contribution in [0, 0.1) is 6.92 Å². The van der Waals surface area contributed by atoms with Crippen LogP contribution < -0.4 is 5.32 Å². The molecule has 3 aromatic rings. The van der Waals surface area contributed by atoms with E-state index in [2.05, 4.69) is 22.4 Å². The lowest BCUT2D eigenvalue weighted by Crippen LogP contribution is -1.89. The van der Waals surface area contributed by atoms with Gasteiger partial charge in [0.2, 0.25) is 5.89 Å². The summed E-state index contributed by atoms with van der Waals surface area (Å²) in [5.41, 5.74) is 3.30. The Labute approximate surface area is 117 Å². The molecule has 4 heteroatoms. The Morgan fingerprint density at radius 3 is 2.45 bits per heavy atom. The molecule has 0 amide bonds. The Kier molecular flexibility index (Phi) is 3.46. The molecule has 0 atom stereocenters. The van der Waals surface area contributed by atoms with Crippen molar-refractivity contribution in [2.24, 2.45) is 0 Å². The fraction of sp³-hybridized carbons (Fsp3) is 0.125. The number of hydrogen-bond acceptors (Lipinski definition) is 4. The Morgan fingerprint density at radius 2 is 1.70 bits per heavy atom. The molecule has 0 unspecified atom stereocenters. The van der Waals surface area contributed by atoms with Gasteiger partial charge >= 0.3 is 6.01 Å². The number of aryl methyl sites for hydroxylation is 1. The molecule has 0 fully saturated rings.